The second kappa shape index (κ2) is 8.22. The van der Waals surface area contributed by atoms with Crippen LogP contribution >= 0.6 is 11.8 Å². The average Bonchev–Trinajstić information content (AvgIpc) is 2.33. The van der Waals surface area contributed by atoms with Gasteiger partial charge in [-0.15, -0.1) is 0 Å². The summed E-state index contributed by atoms with van der Waals surface area (Å²) in [5.41, 5.74) is 1.33. The van der Waals surface area contributed by atoms with Crippen LogP contribution in [0, 0.1) is 0 Å². The van der Waals surface area contributed by atoms with E-state index in [2.05, 4.69) is 17.4 Å². The van der Waals surface area contributed by atoms with Crippen molar-refractivity contribution >= 4 is 17.7 Å². The van der Waals surface area contributed by atoms with Crippen LogP contribution in [0.4, 0.5) is 0 Å². The van der Waals surface area contributed by atoms with Crippen LogP contribution in [0.3, 0.4) is 0 Å². The number of amides is 1. The SMILES string of the molecule is CSCCC(=O)NCCCc1ccccc1. The molecule has 0 radical (unpaired) electrons. The molecular weight excluding hydrogens is 218 g/mol. The third-order valence-corrected chi connectivity index (χ3v) is 2.95. The van der Waals surface area contributed by atoms with Crippen molar-refractivity contribution in [2.75, 3.05) is 18.6 Å². The molecule has 0 unspecified atom stereocenters. The number of thioether (sulfide) groups is 1. The topological polar surface area (TPSA) is 29.1 Å². The van der Waals surface area contributed by atoms with Crippen LogP contribution in [-0.4, -0.2) is 24.5 Å². The standard InChI is InChI=1S/C13H19NOS/c1-16-11-9-13(15)14-10-5-8-12-6-3-2-4-7-12/h2-4,6-7H,5,8-11H2,1H3,(H,14,15). The summed E-state index contributed by atoms with van der Waals surface area (Å²) in [6.07, 6.45) is 4.69. The quantitative estimate of drug-likeness (QED) is 0.738. The molecule has 0 bridgehead atoms. The number of carbonyl (C=O) groups excluding carboxylic acids is 1. The molecule has 0 fully saturated rings. The number of nitrogens with one attached hydrogen (secondary N) is 1. The van der Waals surface area contributed by atoms with Gasteiger partial charge in [0, 0.05) is 18.7 Å². The second-order valence-electron chi connectivity index (χ2n) is 3.68. The number of aryl methyl sites for hydroxylation is 1. The van der Waals surface area contributed by atoms with E-state index in [0.717, 1.165) is 25.1 Å². The lowest BCUT2D eigenvalue weighted by Gasteiger charge is -2.04. The highest BCUT2D eigenvalue weighted by Crippen LogP contribution is 2.01. The van der Waals surface area contributed by atoms with Crippen molar-refractivity contribution < 1.29 is 4.79 Å². The molecule has 0 aliphatic rings. The second-order valence-corrected chi connectivity index (χ2v) is 4.67. The van der Waals surface area contributed by atoms with Crippen LogP contribution < -0.4 is 5.32 Å². The zero-order chi connectivity index (χ0) is 11.6. The Balaban J connectivity index is 2.06. The Morgan fingerprint density at radius 1 is 1.31 bits per heavy atom. The van der Waals surface area contributed by atoms with E-state index in [-0.39, 0.29) is 5.91 Å². The molecule has 0 aliphatic heterocycles. The highest BCUT2D eigenvalue weighted by molar-refractivity contribution is 7.98. The third-order valence-electron chi connectivity index (χ3n) is 2.34. The first-order valence-corrected chi connectivity index (χ1v) is 7.02. The molecule has 0 aromatic heterocycles. The number of hydrogen-bond acceptors (Lipinski definition) is 2. The molecule has 1 aromatic carbocycles. The summed E-state index contributed by atoms with van der Waals surface area (Å²) >= 11 is 1.71. The van der Waals surface area contributed by atoms with E-state index < -0.39 is 0 Å². The zero-order valence-corrected chi connectivity index (χ0v) is 10.6. The lowest BCUT2D eigenvalue weighted by molar-refractivity contribution is -0.120. The van der Waals surface area contributed by atoms with Gasteiger partial charge in [-0.05, 0) is 24.7 Å². The normalized spacial score (nSPS) is 10.1. The maximum Gasteiger partial charge on any atom is 0.220 e. The highest BCUT2D eigenvalue weighted by atomic mass is 32.2. The summed E-state index contributed by atoms with van der Waals surface area (Å²) in [7, 11) is 0. The van der Waals surface area contributed by atoms with Gasteiger partial charge in [0.1, 0.15) is 0 Å². The predicted octanol–water partition coefficient (Wildman–Crippen LogP) is 2.49. The lowest BCUT2D eigenvalue weighted by Crippen LogP contribution is -2.24. The van der Waals surface area contributed by atoms with Crippen molar-refractivity contribution in [1.82, 2.24) is 5.32 Å². The molecule has 1 rings (SSSR count). The van der Waals surface area contributed by atoms with E-state index in [1.807, 2.05) is 24.5 Å². The summed E-state index contributed by atoms with van der Waals surface area (Å²) < 4.78 is 0. The van der Waals surface area contributed by atoms with Gasteiger partial charge in [0.25, 0.3) is 0 Å². The van der Waals surface area contributed by atoms with Gasteiger partial charge < -0.3 is 5.32 Å². The van der Waals surface area contributed by atoms with Crippen LogP contribution in [-0.2, 0) is 11.2 Å². The largest absolute Gasteiger partial charge is 0.356 e. The summed E-state index contributed by atoms with van der Waals surface area (Å²) in [4.78, 5) is 11.3. The Kier molecular flexibility index (Phi) is 6.74. The molecule has 88 valence electrons. The molecule has 3 heteroatoms. The Bertz CT molecular complexity index is 300. The van der Waals surface area contributed by atoms with Gasteiger partial charge in [0.05, 0.1) is 0 Å². The first-order valence-electron chi connectivity index (χ1n) is 5.62. The first-order chi connectivity index (χ1) is 7.83. The maximum atomic E-state index is 11.3. The summed E-state index contributed by atoms with van der Waals surface area (Å²) in [5.74, 6) is 1.08. The van der Waals surface area contributed by atoms with Gasteiger partial charge >= 0.3 is 0 Å². The summed E-state index contributed by atoms with van der Waals surface area (Å²) in [6, 6.07) is 10.4. The van der Waals surface area contributed by atoms with Gasteiger partial charge in [-0.1, -0.05) is 30.3 Å². The average molecular weight is 237 g/mol. The number of hydrogen-bond donors (Lipinski definition) is 1. The van der Waals surface area contributed by atoms with E-state index in [1.165, 1.54) is 5.56 Å². The van der Waals surface area contributed by atoms with Crippen molar-refractivity contribution in [2.45, 2.75) is 19.3 Å². The Labute approximate surface area is 102 Å². The molecule has 1 aromatic rings. The molecule has 1 N–H and O–H groups in total. The van der Waals surface area contributed by atoms with E-state index in [9.17, 15) is 4.79 Å². The van der Waals surface area contributed by atoms with Gasteiger partial charge in [0.2, 0.25) is 5.91 Å². The minimum absolute atomic E-state index is 0.169. The first kappa shape index (κ1) is 13.1. The van der Waals surface area contributed by atoms with Crippen molar-refractivity contribution in [3.8, 4) is 0 Å². The monoisotopic (exact) mass is 237 g/mol. The third kappa shape index (κ3) is 5.81. The van der Waals surface area contributed by atoms with E-state index in [0.29, 0.717) is 6.42 Å². The zero-order valence-electron chi connectivity index (χ0n) is 9.74. The number of benzene rings is 1. The van der Waals surface area contributed by atoms with Crippen molar-refractivity contribution in [3.05, 3.63) is 35.9 Å². The van der Waals surface area contributed by atoms with Crippen LogP contribution in [0.1, 0.15) is 18.4 Å². The smallest absolute Gasteiger partial charge is 0.220 e. The highest BCUT2D eigenvalue weighted by Gasteiger charge is 1.99. The fourth-order valence-corrected chi connectivity index (χ4v) is 1.84. The number of rotatable bonds is 7. The maximum absolute atomic E-state index is 11.3. The van der Waals surface area contributed by atoms with Gasteiger partial charge in [0.15, 0.2) is 0 Å². The molecule has 0 aliphatic carbocycles. The molecule has 0 atom stereocenters. The molecule has 0 saturated heterocycles. The molecule has 2 nitrogen and oxygen atoms in total. The molecule has 16 heavy (non-hydrogen) atoms. The predicted molar refractivity (Wildman–Crippen MR) is 70.8 cm³/mol. The fourth-order valence-electron chi connectivity index (χ4n) is 1.45. The van der Waals surface area contributed by atoms with E-state index >= 15 is 0 Å². The van der Waals surface area contributed by atoms with E-state index in [1.54, 1.807) is 11.8 Å². The van der Waals surface area contributed by atoms with Crippen LogP contribution in [0.5, 0.6) is 0 Å². The Hall–Kier alpha value is -0.960. The van der Waals surface area contributed by atoms with Gasteiger partial charge in [-0.25, -0.2) is 0 Å². The van der Waals surface area contributed by atoms with Gasteiger partial charge in [-0.2, -0.15) is 11.8 Å². The van der Waals surface area contributed by atoms with Crippen molar-refractivity contribution in [2.24, 2.45) is 0 Å². The van der Waals surface area contributed by atoms with Crippen molar-refractivity contribution in [1.29, 1.82) is 0 Å². The van der Waals surface area contributed by atoms with E-state index in [4.69, 9.17) is 0 Å². The molecule has 0 heterocycles. The van der Waals surface area contributed by atoms with Crippen molar-refractivity contribution in [3.63, 3.8) is 0 Å². The molecule has 1 amide bonds. The molecular formula is C13H19NOS. The number of carbonyl (C=O) groups is 1. The Morgan fingerprint density at radius 3 is 2.75 bits per heavy atom. The van der Waals surface area contributed by atoms with Gasteiger partial charge in [-0.3, -0.25) is 4.79 Å². The van der Waals surface area contributed by atoms with Crippen LogP contribution in [0.2, 0.25) is 0 Å². The minimum Gasteiger partial charge on any atom is -0.356 e. The lowest BCUT2D eigenvalue weighted by atomic mass is 10.1. The molecule has 0 saturated carbocycles. The minimum atomic E-state index is 0.169. The fraction of sp³-hybridized carbons (Fsp3) is 0.462. The molecule has 0 spiro atoms. The van der Waals surface area contributed by atoms with Crippen LogP contribution in [0.15, 0.2) is 30.3 Å². The van der Waals surface area contributed by atoms with Crippen LogP contribution in [0.25, 0.3) is 0 Å². The summed E-state index contributed by atoms with van der Waals surface area (Å²) in [6.45, 7) is 0.780. The summed E-state index contributed by atoms with van der Waals surface area (Å²) in [5, 5.41) is 2.94. The Morgan fingerprint density at radius 2 is 2.06 bits per heavy atom.